The summed E-state index contributed by atoms with van der Waals surface area (Å²) >= 11 is 6.45. The number of hydrogen-bond acceptors (Lipinski definition) is 4. The molecule has 0 aromatic heterocycles. The van der Waals surface area contributed by atoms with E-state index in [1.807, 2.05) is 54.5 Å². The van der Waals surface area contributed by atoms with E-state index in [1.54, 1.807) is 4.90 Å². The second-order valence-electron chi connectivity index (χ2n) is 9.78. The van der Waals surface area contributed by atoms with Crippen LogP contribution in [0.4, 0.5) is 4.79 Å². The number of carbonyl (C=O) groups excluding carboxylic acids is 2. The minimum Gasteiger partial charge on any atom is -0.469 e. The molecule has 0 saturated heterocycles. The molecule has 1 aliphatic carbocycles. The minimum absolute atomic E-state index is 0.0394. The Kier molecular flexibility index (Phi) is 7.49. The Morgan fingerprint density at radius 2 is 1.80 bits per heavy atom. The van der Waals surface area contributed by atoms with Gasteiger partial charge in [-0.05, 0) is 90.0 Å². The highest BCUT2D eigenvalue weighted by atomic mass is 35.5. The van der Waals surface area contributed by atoms with Crippen LogP contribution in [0, 0.1) is 12.3 Å². The van der Waals surface area contributed by atoms with Gasteiger partial charge in [0.2, 0.25) is 0 Å². The average molecular weight is 438 g/mol. The van der Waals surface area contributed by atoms with Crippen molar-refractivity contribution in [1.82, 2.24) is 4.90 Å². The molecule has 0 spiro atoms. The van der Waals surface area contributed by atoms with Crippen LogP contribution in [0.3, 0.4) is 0 Å². The molecule has 1 aliphatic rings. The lowest BCUT2D eigenvalue weighted by Crippen LogP contribution is -2.37. The number of carbonyl (C=O) groups is 2. The first-order valence-electron chi connectivity index (χ1n) is 10.7. The van der Waals surface area contributed by atoms with E-state index >= 15 is 0 Å². The van der Waals surface area contributed by atoms with Crippen molar-refractivity contribution in [1.29, 1.82) is 0 Å². The van der Waals surface area contributed by atoms with Gasteiger partial charge >= 0.3 is 12.1 Å². The second kappa shape index (κ2) is 9.17. The van der Waals surface area contributed by atoms with E-state index < -0.39 is 11.0 Å². The van der Waals surface area contributed by atoms with Gasteiger partial charge in [0.25, 0.3) is 0 Å². The summed E-state index contributed by atoms with van der Waals surface area (Å²) in [4.78, 5) is 26.8. The Morgan fingerprint density at radius 3 is 2.33 bits per heavy atom. The van der Waals surface area contributed by atoms with Crippen molar-refractivity contribution in [2.24, 2.45) is 5.41 Å². The highest BCUT2D eigenvalue weighted by molar-refractivity contribution is 6.31. The number of methoxy groups -OCH3 is 1. The summed E-state index contributed by atoms with van der Waals surface area (Å²) in [6, 6.07) is 4.15. The monoisotopic (exact) mass is 437 g/mol. The molecule has 0 radical (unpaired) electrons. The smallest absolute Gasteiger partial charge is 0.410 e. The molecule has 1 aromatic carbocycles. The molecule has 0 heterocycles. The average Bonchev–Trinajstić information content (AvgIpc) is 2.98. The lowest BCUT2D eigenvalue weighted by atomic mass is 9.75. The van der Waals surface area contributed by atoms with E-state index in [0.717, 1.165) is 29.0 Å². The lowest BCUT2D eigenvalue weighted by molar-refractivity contribution is -0.152. The van der Waals surface area contributed by atoms with Gasteiger partial charge in [0, 0.05) is 24.0 Å². The second-order valence-corrected chi connectivity index (χ2v) is 10.2. The third-order valence-electron chi connectivity index (χ3n) is 6.06. The van der Waals surface area contributed by atoms with E-state index in [2.05, 4.69) is 6.07 Å². The number of halogens is 1. The van der Waals surface area contributed by atoms with Crippen LogP contribution in [0.5, 0.6) is 0 Å². The fourth-order valence-corrected chi connectivity index (χ4v) is 4.46. The molecule has 0 fully saturated rings. The zero-order valence-corrected chi connectivity index (χ0v) is 20.4. The van der Waals surface area contributed by atoms with Gasteiger partial charge in [0.1, 0.15) is 5.60 Å². The summed E-state index contributed by atoms with van der Waals surface area (Å²) < 4.78 is 10.6. The molecule has 1 unspecified atom stereocenters. The molecule has 1 aromatic rings. The van der Waals surface area contributed by atoms with Gasteiger partial charge in [-0.1, -0.05) is 17.7 Å². The van der Waals surface area contributed by atoms with Gasteiger partial charge < -0.3 is 14.4 Å². The van der Waals surface area contributed by atoms with Crippen LogP contribution in [-0.2, 0) is 14.3 Å². The first kappa shape index (κ1) is 24.5. The molecule has 0 bridgehead atoms. The Labute approximate surface area is 186 Å². The number of amides is 1. The summed E-state index contributed by atoms with van der Waals surface area (Å²) in [6.07, 6.45) is 1.31. The first-order chi connectivity index (χ1) is 13.8. The number of fused-ring (bicyclic) bond motifs is 1. The molecule has 168 valence electrons. The van der Waals surface area contributed by atoms with Crippen molar-refractivity contribution in [3.05, 3.63) is 33.8 Å². The van der Waals surface area contributed by atoms with Crippen LogP contribution in [0.2, 0.25) is 5.02 Å². The largest absolute Gasteiger partial charge is 0.469 e. The zero-order chi connectivity index (χ0) is 22.9. The third kappa shape index (κ3) is 5.29. The van der Waals surface area contributed by atoms with Crippen LogP contribution in [-0.4, -0.2) is 42.8 Å². The fourth-order valence-electron chi connectivity index (χ4n) is 4.29. The number of ether oxygens (including phenoxy) is 2. The van der Waals surface area contributed by atoms with E-state index in [-0.39, 0.29) is 23.9 Å². The van der Waals surface area contributed by atoms with E-state index in [0.29, 0.717) is 13.1 Å². The molecule has 2 rings (SSSR count). The van der Waals surface area contributed by atoms with E-state index in [4.69, 9.17) is 21.1 Å². The summed E-state index contributed by atoms with van der Waals surface area (Å²) in [5.41, 5.74) is 2.18. The Bertz CT molecular complexity index is 797. The summed E-state index contributed by atoms with van der Waals surface area (Å²) in [5, 5.41) is 0.731. The van der Waals surface area contributed by atoms with E-state index in [1.165, 1.54) is 12.7 Å². The number of benzene rings is 1. The van der Waals surface area contributed by atoms with Gasteiger partial charge in [-0.15, -0.1) is 0 Å². The van der Waals surface area contributed by atoms with Crippen molar-refractivity contribution in [3.8, 4) is 0 Å². The van der Waals surface area contributed by atoms with Crippen molar-refractivity contribution in [2.45, 2.75) is 78.7 Å². The molecule has 0 aliphatic heterocycles. The molecule has 0 saturated carbocycles. The SMILES string of the molecule is CCN(CCC1C[C@H](C(C)(C)C(=O)OC)c2cc(C)c(Cl)cc21)C(=O)OC(C)(C)C. The van der Waals surface area contributed by atoms with Gasteiger partial charge in [0.05, 0.1) is 12.5 Å². The number of hydrogen-bond donors (Lipinski definition) is 0. The highest BCUT2D eigenvalue weighted by Crippen LogP contribution is 2.52. The van der Waals surface area contributed by atoms with Crippen molar-refractivity contribution < 1.29 is 19.1 Å². The van der Waals surface area contributed by atoms with Gasteiger partial charge in [-0.3, -0.25) is 4.79 Å². The number of aryl methyl sites for hydroxylation is 1. The first-order valence-corrected chi connectivity index (χ1v) is 11.1. The molecule has 1 amide bonds. The standard InChI is InChI=1S/C24H36ClNO4/c1-9-26(22(28)30-23(3,4)5)11-10-16-13-19(24(6,7)21(27)29-8)18-12-15(2)20(25)14-17(16)18/h12,14,16,19H,9-11,13H2,1-8H3/t16?,19-/m0/s1. The molecule has 5 nitrogen and oxygen atoms in total. The molecule has 6 heteroatoms. The fraction of sp³-hybridized carbons (Fsp3) is 0.667. The van der Waals surface area contributed by atoms with Crippen LogP contribution in [0.15, 0.2) is 12.1 Å². The van der Waals surface area contributed by atoms with Gasteiger partial charge in [-0.25, -0.2) is 4.79 Å². The summed E-state index contributed by atoms with van der Waals surface area (Å²) in [6.45, 7) is 14.6. The van der Waals surface area contributed by atoms with Crippen molar-refractivity contribution in [2.75, 3.05) is 20.2 Å². The predicted molar refractivity (Wildman–Crippen MR) is 120 cm³/mol. The maximum absolute atomic E-state index is 12.5. The van der Waals surface area contributed by atoms with Gasteiger partial charge in [0.15, 0.2) is 0 Å². The number of nitrogens with zero attached hydrogens (tertiary/aromatic N) is 1. The molecular formula is C24H36ClNO4. The summed E-state index contributed by atoms with van der Waals surface area (Å²) in [7, 11) is 1.44. The molecule has 30 heavy (non-hydrogen) atoms. The number of esters is 1. The maximum Gasteiger partial charge on any atom is 0.410 e. The Balaban J connectivity index is 2.27. The minimum atomic E-state index is -0.645. The molecule has 0 N–H and O–H groups in total. The predicted octanol–water partition coefficient (Wildman–Crippen LogP) is 6.07. The Morgan fingerprint density at radius 1 is 1.17 bits per heavy atom. The summed E-state index contributed by atoms with van der Waals surface area (Å²) in [5.74, 6) is 0.0386. The van der Waals surface area contributed by atoms with Crippen LogP contribution in [0.25, 0.3) is 0 Å². The van der Waals surface area contributed by atoms with Crippen molar-refractivity contribution in [3.63, 3.8) is 0 Å². The zero-order valence-electron chi connectivity index (χ0n) is 19.6. The Hall–Kier alpha value is -1.75. The van der Waals surface area contributed by atoms with E-state index in [9.17, 15) is 9.59 Å². The topological polar surface area (TPSA) is 55.8 Å². The maximum atomic E-state index is 12.5. The quantitative estimate of drug-likeness (QED) is 0.507. The lowest BCUT2D eigenvalue weighted by Gasteiger charge is -2.30. The van der Waals surface area contributed by atoms with Crippen LogP contribution in [0.1, 0.15) is 82.9 Å². The number of rotatable bonds is 6. The van der Waals surface area contributed by atoms with Gasteiger partial charge in [-0.2, -0.15) is 0 Å². The highest BCUT2D eigenvalue weighted by Gasteiger charge is 2.45. The van der Waals surface area contributed by atoms with Crippen LogP contribution >= 0.6 is 11.6 Å². The third-order valence-corrected chi connectivity index (χ3v) is 6.47. The normalized spacial score (nSPS) is 18.7. The molecular weight excluding hydrogens is 402 g/mol. The van der Waals surface area contributed by atoms with Crippen LogP contribution < -0.4 is 0 Å². The molecule has 2 atom stereocenters. The van der Waals surface area contributed by atoms with Crippen molar-refractivity contribution >= 4 is 23.7 Å².